The van der Waals surface area contributed by atoms with Gasteiger partial charge in [0.25, 0.3) is 0 Å². The first-order chi connectivity index (χ1) is 14.3. The van der Waals surface area contributed by atoms with Crippen LogP contribution in [0.2, 0.25) is 0 Å². The first-order valence-electron chi connectivity index (χ1n) is 10.3. The SMILES string of the molecule is CC(NC1CCS(=O)(=O)C1)C(=O)N(C)Cc1nc(C2CC2)ncc1-c1ccccn1. The molecule has 2 atom stereocenters. The van der Waals surface area contributed by atoms with Gasteiger partial charge < -0.3 is 10.2 Å². The molecular formula is C21H27N5O3S. The van der Waals surface area contributed by atoms with Crippen molar-refractivity contribution in [2.45, 2.75) is 50.7 Å². The molecule has 2 aliphatic rings. The van der Waals surface area contributed by atoms with Crippen LogP contribution >= 0.6 is 0 Å². The van der Waals surface area contributed by atoms with Gasteiger partial charge in [-0.3, -0.25) is 9.78 Å². The second kappa shape index (κ2) is 8.39. The topological polar surface area (TPSA) is 105 Å². The van der Waals surface area contributed by atoms with Gasteiger partial charge in [0.15, 0.2) is 9.84 Å². The number of pyridine rings is 1. The normalized spacial score (nSPS) is 21.3. The lowest BCUT2D eigenvalue weighted by Crippen LogP contribution is -2.47. The fraction of sp³-hybridized carbons (Fsp3) is 0.524. The molecule has 1 amide bonds. The van der Waals surface area contributed by atoms with Crippen LogP contribution in [0.5, 0.6) is 0 Å². The quantitative estimate of drug-likeness (QED) is 0.712. The number of carbonyl (C=O) groups excluding carboxylic acids is 1. The maximum absolute atomic E-state index is 12.9. The molecule has 3 heterocycles. The summed E-state index contributed by atoms with van der Waals surface area (Å²) in [5.74, 6) is 1.41. The summed E-state index contributed by atoms with van der Waals surface area (Å²) in [4.78, 5) is 28.3. The van der Waals surface area contributed by atoms with E-state index in [9.17, 15) is 13.2 Å². The van der Waals surface area contributed by atoms with Crippen LogP contribution in [0.15, 0.2) is 30.6 Å². The molecule has 1 aliphatic heterocycles. The average Bonchev–Trinajstić information content (AvgIpc) is 3.52. The van der Waals surface area contributed by atoms with Crippen molar-refractivity contribution >= 4 is 15.7 Å². The summed E-state index contributed by atoms with van der Waals surface area (Å²) < 4.78 is 23.4. The van der Waals surface area contributed by atoms with E-state index >= 15 is 0 Å². The number of nitrogens with zero attached hydrogens (tertiary/aromatic N) is 4. The largest absolute Gasteiger partial charge is 0.338 e. The summed E-state index contributed by atoms with van der Waals surface area (Å²) in [6, 6.07) is 5.03. The van der Waals surface area contributed by atoms with Crippen LogP contribution in [-0.4, -0.2) is 64.8 Å². The van der Waals surface area contributed by atoms with E-state index in [-0.39, 0.29) is 23.5 Å². The fourth-order valence-electron chi connectivity index (χ4n) is 3.81. The Morgan fingerprint density at radius 2 is 2.07 bits per heavy atom. The van der Waals surface area contributed by atoms with E-state index < -0.39 is 15.9 Å². The van der Waals surface area contributed by atoms with Crippen LogP contribution in [0.25, 0.3) is 11.3 Å². The zero-order chi connectivity index (χ0) is 21.3. The van der Waals surface area contributed by atoms with Crippen molar-refractivity contribution in [1.29, 1.82) is 0 Å². The number of rotatable bonds is 7. The van der Waals surface area contributed by atoms with Crippen molar-refractivity contribution in [2.75, 3.05) is 18.6 Å². The van der Waals surface area contributed by atoms with Crippen LogP contribution < -0.4 is 5.32 Å². The highest BCUT2D eigenvalue weighted by Gasteiger charge is 2.31. The van der Waals surface area contributed by atoms with Crippen molar-refractivity contribution in [2.24, 2.45) is 0 Å². The Morgan fingerprint density at radius 3 is 2.70 bits per heavy atom. The van der Waals surface area contributed by atoms with Gasteiger partial charge in [0.1, 0.15) is 5.82 Å². The van der Waals surface area contributed by atoms with Gasteiger partial charge >= 0.3 is 0 Å². The van der Waals surface area contributed by atoms with Gasteiger partial charge in [-0.05, 0) is 38.3 Å². The predicted octanol–water partition coefficient (Wildman–Crippen LogP) is 1.54. The number of aromatic nitrogens is 3. The molecule has 2 unspecified atom stereocenters. The Bertz CT molecular complexity index is 1020. The lowest BCUT2D eigenvalue weighted by atomic mass is 10.1. The lowest BCUT2D eigenvalue weighted by Gasteiger charge is -2.24. The minimum absolute atomic E-state index is 0.0921. The summed E-state index contributed by atoms with van der Waals surface area (Å²) >= 11 is 0. The molecule has 160 valence electrons. The fourth-order valence-corrected chi connectivity index (χ4v) is 5.50. The van der Waals surface area contributed by atoms with Crippen molar-refractivity contribution < 1.29 is 13.2 Å². The number of hydrogen-bond donors (Lipinski definition) is 1. The summed E-state index contributed by atoms with van der Waals surface area (Å²) in [7, 11) is -1.25. The lowest BCUT2D eigenvalue weighted by molar-refractivity contribution is -0.132. The smallest absolute Gasteiger partial charge is 0.239 e. The average molecular weight is 430 g/mol. The molecule has 1 saturated carbocycles. The molecule has 9 heteroatoms. The molecule has 1 N–H and O–H groups in total. The van der Waals surface area contributed by atoms with Gasteiger partial charge in [-0.2, -0.15) is 0 Å². The molecule has 1 aliphatic carbocycles. The Labute approximate surface area is 177 Å². The molecule has 0 bridgehead atoms. The molecule has 2 aromatic rings. The number of hydrogen-bond acceptors (Lipinski definition) is 7. The summed E-state index contributed by atoms with van der Waals surface area (Å²) in [6.45, 7) is 2.11. The van der Waals surface area contributed by atoms with Crippen LogP contribution in [0.1, 0.15) is 43.6 Å². The zero-order valence-electron chi connectivity index (χ0n) is 17.3. The van der Waals surface area contributed by atoms with Crippen LogP contribution in [0.3, 0.4) is 0 Å². The van der Waals surface area contributed by atoms with Gasteiger partial charge in [0.05, 0.1) is 35.5 Å². The minimum Gasteiger partial charge on any atom is -0.338 e. The summed E-state index contributed by atoms with van der Waals surface area (Å²) in [5.41, 5.74) is 2.37. The van der Waals surface area contributed by atoms with E-state index in [0.717, 1.165) is 35.6 Å². The molecule has 8 nitrogen and oxygen atoms in total. The van der Waals surface area contributed by atoms with Gasteiger partial charge in [-0.15, -0.1) is 0 Å². The van der Waals surface area contributed by atoms with Crippen molar-refractivity contribution in [1.82, 2.24) is 25.2 Å². The Hall–Kier alpha value is -2.39. The van der Waals surface area contributed by atoms with E-state index in [1.54, 1.807) is 25.1 Å². The minimum atomic E-state index is -2.99. The molecule has 1 saturated heterocycles. The van der Waals surface area contributed by atoms with Crippen LogP contribution in [0, 0.1) is 0 Å². The molecule has 4 rings (SSSR count). The van der Waals surface area contributed by atoms with Crippen LogP contribution in [-0.2, 0) is 21.2 Å². The highest BCUT2D eigenvalue weighted by molar-refractivity contribution is 7.91. The van der Waals surface area contributed by atoms with E-state index in [1.165, 1.54) is 0 Å². The third-order valence-corrected chi connectivity index (χ3v) is 7.39. The highest BCUT2D eigenvalue weighted by Crippen LogP contribution is 2.38. The number of amides is 1. The zero-order valence-corrected chi connectivity index (χ0v) is 18.1. The molecule has 2 aromatic heterocycles. The molecule has 2 fully saturated rings. The first-order valence-corrected chi connectivity index (χ1v) is 12.1. The van der Waals surface area contributed by atoms with Gasteiger partial charge in [-0.1, -0.05) is 6.07 Å². The number of carbonyl (C=O) groups is 1. The second-order valence-corrected chi connectivity index (χ2v) is 10.5. The maximum atomic E-state index is 12.9. The first kappa shape index (κ1) is 20.9. The molecular weight excluding hydrogens is 402 g/mol. The van der Waals surface area contributed by atoms with Gasteiger partial charge in [-0.25, -0.2) is 18.4 Å². The molecule has 0 radical (unpaired) electrons. The third kappa shape index (κ3) is 4.84. The Kier molecular flexibility index (Phi) is 5.84. The summed E-state index contributed by atoms with van der Waals surface area (Å²) in [5, 5.41) is 3.17. The Balaban J connectivity index is 1.49. The summed E-state index contributed by atoms with van der Waals surface area (Å²) in [6.07, 6.45) is 6.28. The van der Waals surface area contributed by atoms with Gasteiger partial charge in [0, 0.05) is 37.0 Å². The van der Waals surface area contributed by atoms with E-state index in [0.29, 0.717) is 18.9 Å². The molecule has 0 aromatic carbocycles. The van der Waals surface area contributed by atoms with Crippen molar-refractivity contribution in [3.8, 4) is 11.3 Å². The monoisotopic (exact) mass is 429 g/mol. The third-order valence-electron chi connectivity index (χ3n) is 5.62. The maximum Gasteiger partial charge on any atom is 0.239 e. The van der Waals surface area contributed by atoms with Gasteiger partial charge in [0.2, 0.25) is 5.91 Å². The van der Waals surface area contributed by atoms with E-state index in [4.69, 9.17) is 4.98 Å². The predicted molar refractivity (Wildman–Crippen MR) is 113 cm³/mol. The highest BCUT2D eigenvalue weighted by atomic mass is 32.2. The Morgan fingerprint density at radius 1 is 1.27 bits per heavy atom. The van der Waals surface area contributed by atoms with Crippen LogP contribution in [0.4, 0.5) is 0 Å². The second-order valence-electron chi connectivity index (χ2n) is 8.26. The molecule has 0 spiro atoms. The van der Waals surface area contributed by atoms with Crippen molar-refractivity contribution in [3.63, 3.8) is 0 Å². The van der Waals surface area contributed by atoms with E-state index in [2.05, 4.69) is 15.3 Å². The molecule has 30 heavy (non-hydrogen) atoms. The number of likely N-dealkylation sites (N-methyl/N-ethyl adjacent to an activating group) is 1. The van der Waals surface area contributed by atoms with Crippen molar-refractivity contribution in [3.05, 3.63) is 42.1 Å². The number of nitrogens with one attached hydrogen (secondary N) is 1. The number of sulfone groups is 1. The van der Waals surface area contributed by atoms with E-state index in [1.807, 2.05) is 24.4 Å². The standard InChI is InChI=1S/C21H27N5O3S/c1-14(24-16-8-10-30(28,29)13-16)21(27)26(2)12-19-17(18-5-3-4-9-22-18)11-23-20(25-19)15-6-7-15/h3-5,9,11,14-16,24H,6-8,10,12-13H2,1-2H3.